The predicted octanol–water partition coefficient (Wildman–Crippen LogP) is 3.08. The summed E-state index contributed by atoms with van der Waals surface area (Å²) in [7, 11) is 4.92. The van der Waals surface area contributed by atoms with Gasteiger partial charge in [-0.1, -0.05) is 0 Å². The molecular formula is C20H30N4O3S. The third-order valence-electron chi connectivity index (χ3n) is 4.27. The molecule has 2 N–H and O–H groups in total. The smallest absolute Gasteiger partial charge is 0.191 e. The summed E-state index contributed by atoms with van der Waals surface area (Å²) in [5.41, 5.74) is 2.06. The number of hydrogen-bond acceptors (Lipinski definition) is 6. The van der Waals surface area contributed by atoms with Crippen LogP contribution in [0, 0.1) is 13.8 Å². The van der Waals surface area contributed by atoms with E-state index in [0.29, 0.717) is 18.8 Å². The summed E-state index contributed by atoms with van der Waals surface area (Å²) in [6.45, 7) is 8.18. The van der Waals surface area contributed by atoms with Crippen LogP contribution in [0.25, 0.3) is 0 Å². The van der Waals surface area contributed by atoms with E-state index >= 15 is 0 Å². The van der Waals surface area contributed by atoms with Crippen LogP contribution in [-0.4, -0.2) is 45.4 Å². The van der Waals surface area contributed by atoms with Crippen molar-refractivity contribution >= 4 is 17.3 Å². The number of hydrogen-bond donors (Lipinski definition) is 2. The molecule has 0 radical (unpaired) electrons. The number of aliphatic imine (C=N–C) groups is 1. The highest BCUT2D eigenvalue weighted by Gasteiger charge is 2.13. The van der Waals surface area contributed by atoms with Gasteiger partial charge in [-0.05, 0) is 27.2 Å². The van der Waals surface area contributed by atoms with E-state index in [1.54, 1.807) is 32.7 Å². The fraction of sp³-hybridized carbons (Fsp3) is 0.500. The third kappa shape index (κ3) is 5.76. The van der Waals surface area contributed by atoms with Gasteiger partial charge in [0.05, 0.1) is 33.6 Å². The minimum absolute atomic E-state index is 0.559. The largest absolute Gasteiger partial charge is 0.496 e. The number of rotatable bonds is 9. The molecule has 0 aliphatic rings. The lowest BCUT2D eigenvalue weighted by Gasteiger charge is -2.16. The van der Waals surface area contributed by atoms with Crippen LogP contribution < -0.4 is 24.8 Å². The Balaban J connectivity index is 2.05. The Labute approximate surface area is 171 Å². The molecule has 0 atom stereocenters. The molecule has 154 valence electrons. The molecule has 0 unspecified atom stereocenters. The van der Waals surface area contributed by atoms with E-state index in [1.165, 1.54) is 4.88 Å². The van der Waals surface area contributed by atoms with Gasteiger partial charge in [0.2, 0.25) is 0 Å². The quantitative estimate of drug-likeness (QED) is 0.492. The number of ether oxygens (including phenoxy) is 3. The summed E-state index contributed by atoms with van der Waals surface area (Å²) in [5, 5.41) is 7.65. The minimum Gasteiger partial charge on any atom is -0.496 e. The van der Waals surface area contributed by atoms with Crippen molar-refractivity contribution in [2.75, 3.05) is 34.4 Å². The lowest BCUT2D eigenvalue weighted by Crippen LogP contribution is -2.38. The van der Waals surface area contributed by atoms with E-state index in [1.807, 2.05) is 26.0 Å². The molecule has 8 heteroatoms. The molecule has 0 amide bonds. The van der Waals surface area contributed by atoms with Crippen molar-refractivity contribution in [1.29, 1.82) is 0 Å². The van der Waals surface area contributed by atoms with Crippen molar-refractivity contribution in [3.05, 3.63) is 33.3 Å². The zero-order chi connectivity index (χ0) is 20.5. The van der Waals surface area contributed by atoms with Crippen LogP contribution in [0.2, 0.25) is 0 Å². The number of nitrogens with one attached hydrogen (secondary N) is 2. The van der Waals surface area contributed by atoms with Crippen molar-refractivity contribution in [3.8, 4) is 17.2 Å². The van der Waals surface area contributed by atoms with E-state index in [-0.39, 0.29) is 0 Å². The Morgan fingerprint density at radius 3 is 2.25 bits per heavy atom. The zero-order valence-electron chi connectivity index (χ0n) is 17.5. The monoisotopic (exact) mass is 406 g/mol. The van der Waals surface area contributed by atoms with Crippen LogP contribution in [-0.2, 0) is 13.0 Å². The van der Waals surface area contributed by atoms with Crippen LogP contribution in [0.3, 0.4) is 0 Å². The highest BCUT2D eigenvalue weighted by Crippen LogP contribution is 2.34. The van der Waals surface area contributed by atoms with E-state index in [2.05, 4.69) is 27.5 Å². The average molecular weight is 407 g/mol. The number of methoxy groups -OCH3 is 3. The fourth-order valence-corrected chi connectivity index (χ4v) is 3.58. The van der Waals surface area contributed by atoms with Crippen LogP contribution in [0.4, 0.5) is 0 Å². The number of nitrogens with zero attached hydrogens (tertiary/aromatic N) is 2. The van der Waals surface area contributed by atoms with Gasteiger partial charge in [-0.25, -0.2) is 9.98 Å². The van der Waals surface area contributed by atoms with Crippen LogP contribution in [0.15, 0.2) is 17.1 Å². The van der Waals surface area contributed by atoms with Gasteiger partial charge in [-0.2, -0.15) is 0 Å². The molecule has 0 saturated carbocycles. The first-order valence-electron chi connectivity index (χ1n) is 9.26. The maximum Gasteiger partial charge on any atom is 0.191 e. The zero-order valence-corrected chi connectivity index (χ0v) is 18.3. The summed E-state index contributed by atoms with van der Waals surface area (Å²) in [6.07, 6.45) is 0.718. The summed E-state index contributed by atoms with van der Waals surface area (Å²) in [4.78, 5) is 10.4. The van der Waals surface area contributed by atoms with Gasteiger partial charge in [0.25, 0.3) is 0 Å². The highest BCUT2D eigenvalue weighted by molar-refractivity contribution is 7.11. The van der Waals surface area contributed by atoms with Gasteiger partial charge in [0, 0.05) is 35.7 Å². The first kappa shape index (κ1) is 21.8. The standard InChI is InChI=1S/C20H30N4O3S/c1-7-21-20(23-12-19-24-13(2)14(3)28-19)22-9-8-16-17(26-5)10-15(25-4)11-18(16)27-6/h10-11H,7-9,12H2,1-6H3,(H2,21,22,23). The molecule has 0 saturated heterocycles. The van der Waals surface area contributed by atoms with Gasteiger partial charge in [-0.15, -0.1) is 11.3 Å². The van der Waals surface area contributed by atoms with Crippen molar-refractivity contribution in [2.24, 2.45) is 4.99 Å². The Kier molecular flexibility index (Phi) is 8.38. The molecule has 2 aromatic rings. The lowest BCUT2D eigenvalue weighted by molar-refractivity contribution is 0.368. The number of benzene rings is 1. The molecule has 0 aliphatic heterocycles. The van der Waals surface area contributed by atoms with Gasteiger partial charge < -0.3 is 24.8 Å². The average Bonchev–Trinajstić information content (AvgIpc) is 3.03. The molecular weight excluding hydrogens is 376 g/mol. The SMILES string of the molecule is CCNC(=NCc1nc(C)c(C)s1)NCCc1c(OC)cc(OC)cc1OC. The van der Waals surface area contributed by atoms with Gasteiger partial charge in [0.15, 0.2) is 5.96 Å². The van der Waals surface area contributed by atoms with E-state index in [9.17, 15) is 0 Å². The molecule has 0 bridgehead atoms. The van der Waals surface area contributed by atoms with Crippen LogP contribution >= 0.6 is 11.3 Å². The van der Waals surface area contributed by atoms with E-state index in [0.717, 1.165) is 46.7 Å². The molecule has 0 spiro atoms. The number of guanidine groups is 1. The van der Waals surface area contributed by atoms with Crippen molar-refractivity contribution in [1.82, 2.24) is 15.6 Å². The first-order chi connectivity index (χ1) is 13.5. The first-order valence-corrected chi connectivity index (χ1v) is 10.1. The normalized spacial score (nSPS) is 11.3. The molecule has 1 aromatic heterocycles. The van der Waals surface area contributed by atoms with Crippen molar-refractivity contribution in [3.63, 3.8) is 0 Å². The van der Waals surface area contributed by atoms with Crippen molar-refractivity contribution in [2.45, 2.75) is 33.7 Å². The Morgan fingerprint density at radius 1 is 1.07 bits per heavy atom. The van der Waals surface area contributed by atoms with Crippen LogP contribution in [0.5, 0.6) is 17.2 Å². The van der Waals surface area contributed by atoms with Gasteiger partial charge in [0.1, 0.15) is 22.3 Å². The maximum atomic E-state index is 5.51. The Morgan fingerprint density at radius 2 is 1.75 bits per heavy atom. The number of aromatic nitrogens is 1. The van der Waals surface area contributed by atoms with Gasteiger partial charge in [-0.3, -0.25) is 0 Å². The second-order valence-corrected chi connectivity index (χ2v) is 7.42. The highest BCUT2D eigenvalue weighted by atomic mass is 32.1. The summed E-state index contributed by atoms with van der Waals surface area (Å²) in [5.74, 6) is 2.95. The molecule has 0 aliphatic carbocycles. The second kappa shape index (κ2) is 10.8. The number of thiazole rings is 1. The molecule has 1 aromatic carbocycles. The third-order valence-corrected chi connectivity index (χ3v) is 5.33. The van der Waals surface area contributed by atoms with E-state index < -0.39 is 0 Å². The molecule has 2 rings (SSSR count). The van der Waals surface area contributed by atoms with E-state index in [4.69, 9.17) is 14.2 Å². The molecule has 1 heterocycles. The minimum atomic E-state index is 0.559. The van der Waals surface area contributed by atoms with Gasteiger partial charge >= 0.3 is 0 Å². The lowest BCUT2D eigenvalue weighted by atomic mass is 10.1. The summed E-state index contributed by atoms with van der Waals surface area (Å²) >= 11 is 1.69. The molecule has 7 nitrogen and oxygen atoms in total. The molecule has 28 heavy (non-hydrogen) atoms. The number of aryl methyl sites for hydroxylation is 2. The van der Waals surface area contributed by atoms with Crippen LogP contribution in [0.1, 0.15) is 28.1 Å². The topological polar surface area (TPSA) is 77.0 Å². The predicted molar refractivity (Wildman–Crippen MR) is 114 cm³/mol. The summed E-state index contributed by atoms with van der Waals surface area (Å²) < 4.78 is 16.3. The maximum absolute atomic E-state index is 5.51. The summed E-state index contributed by atoms with van der Waals surface area (Å²) in [6, 6.07) is 3.73. The molecule has 0 fully saturated rings. The fourth-order valence-electron chi connectivity index (χ4n) is 2.73. The van der Waals surface area contributed by atoms with Crippen molar-refractivity contribution < 1.29 is 14.2 Å². The Hall–Kier alpha value is -2.48. The Bertz CT molecular complexity index is 760. The second-order valence-electron chi connectivity index (χ2n) is 6.13.